The van der Waals surface area contributed by atoms with Crippen LogP contribution in [0.4, 0.5) is 5.95 Å². The van der Waals surface area contributed by atoms with E-state index in [0.29, 0.717) is 12.0 Å². The van der Waals surface area contributed by atoms with Gasteiger partial charge in [-0.3, -0.25) is 0 Å². The molecule has 0 amide bonds. The summed E-state index contributed by atoms with van der Waals surface area (Å²) in [6.07, 6.45) is 2.13. The zero-order valence-electron chi connectivity index (χ0n) is 12.3. The van der Waals surface area contributed by atoms with E-state index in [2.05, 4.69) is 40.7 Å². The Hall–Kier alpha value is -1.14. The minimum Gasteiger partial charge on any atom is -0.460 e. The summed E-state index contributed by atoms with van der Waals surface area (Å²) < 4.78 is 5.86. The van der Waals surface area contributed by atoms with E-state index in [9.17, 15) is 0 Å². The number of halogens is 1. The lowest BCUT2D eigenvalue weighted by Gasteiger charge is -2.28. The molecule has 0 spiro atoms. The molecule has 112 valence electrons. The van der Waals surface area contributed by atoms with Gasteiger partial charge in [-0.1, -0.05) is 0 Å². The number of anilines is 1. The highest BCUT2D eigenvalue weighted by Gasteiger charge is 2.20. The van der Waals surface area contributed by atoms with Crippen LogP contribution in [0.2, 0.25) is 5.28 Å². The second-order valence-corrected chi connectivity index (χ2v) is 5.32. The van der Waals surface area contributed by atoms with Gasteiger partial charge in [-0.05, 0) is 45.3 Å². The quantitative estimate of drug-likeness (QED) is 0.827. The second-order valence-electron chi connectivity index (χ2n) is 4.98. The van der Waals surface area contributed by atoms with Gasteiger partial charge in [-0.25, -0.2) is 0 Å². The van der Waals surface area contributed by atoms with E-state index in [0.717, 1.165) is 39.0 Å². The smallest absolute Gasteiger partial charge is 0.322 e. The Morgan fingerprint density at radius 1 is 1.20 bits per heavy atom. The molecule has 1 aliphatic rings. The Labute approximate surface area is 125 Å². The summed E-state index contributed by atoms with van der Waals surface area (Å²) in [5.74, 6) is 0.581. The van der Waals surface area contributed by atoms with Crippen LogP contribution in [0.3, 0.4) is 0 Å². The van der Waals surface area contributed by atoms with Crippen LogP contribution in [0, 0.1) is 0 Å². The molecule has 1 fully saturated rings. The molecular weight excluding hydrogens is 278 g/mol. The van der Waals surface area contributed by atoms with E-state index in [1.807, 2.05) is 4.90 Å². The van der Waals surface area contributed by atoms with Gasteiger partial charge in [0.2, 0.25) is 11.2 Å². The van der Waals surface area contributed by atoms with Crippen LogP contribution in [-0.2, 0) is 0 Å². The number of hydrogen-bond donors (Lipinski definition) is 0. The fourth-order valence-electron chi connectivity index (χ4n) is 2.27. The summed E-state index contributed by atoms with van der Waals surface area (Å²) in [6, 6.07) is 0.335. The Balaban J connectivity index is 2.07. The van der Waals surface area contributed by atoms with Gasteiger partial charge >= 0.3 is 6.01 Å². The molecule has 1 saturated heterocycles. The maximum atomic E-state index is 5.97. The molecule has 0 N–H and O–H groups in total. The van der Waals surface area contributed by atoms with E-state index in [1.165, 1.54) is 0 Å². The molecule has 1 aromatic heterocycles. The average Bonchev–Trinajstić information content (AvgIpc) is 2.42. The van der Waals surface area contributed by atoms with Crippen LogP contribution in [0.1, 0.15) is 26.7 Å². The number of ether oxygens (including phenoxy) is 1. The molecule has 1 aromatic rings. The molecule has 2 heterocycles. The fourth-order valence-corrected chi connectivity index (χ4v) is 2.42. The zero-order valence-corrected chi connectivity index (χ0v) is 13.1. The lowest BCUT2D eigenvalue weighted by Crippen LogP contribution is -2.36. The van der Waals surface area contributed by atoms with Gasteiger partial charge in [0.1, 0.15) is 6.10 Å². The van der Waals surface area contributed by atoms with Crippen molar-refractivity contribution in [2.45, 2.75) is 32.8 Å². The molecule has 0 radical (unpaired) electrons. The molecule has 0 aliphatic carbocycles. The van der Waals surface area contributed by atoms with Crippen LogP contribution >= 0.6 is 11.6 Å². The van der Waals surface area contributed by atoms with Crippen LogP contribution in [0.15, 0.2) is 0 Å². The van der Waals surface area contributed by atoms with Crippen molar-refractivity contribution in [2.75, 3.05) is 38.1 Å². The molecule has 0 aromatic carbocycles. The highest BCUT2D eigenvalue weighted by molar-refractivity contribution is 6.28. The standard InChI is InChI=1S/C13H22ClN5O/c1-4-19(5-2)12-15-11(14)16-13(17-12)20-10-6-8-18(3)9-7-10/h10H,4-9H2,1-3H3. The summed E-state index contributed by atoms with van der Waals surface area (Å²) in [5.41, 5.74) is 0. The summed E-state index contributed by atoms with van der Waals surface area (Å²) in [5, 5.41) is 0.185. The first kappa shape index (κ1) is 15.3. The summed E-state index contributed by atoms with van der Waals surface area (Å²) in [6.45, 7) is 7.82. The van der Waals surface area contributed by atoms with Crippen molar-refractivity contribution in [1.82, 2.24) is 19.9 Å². The largest absolute Gasteiger partial charge is 0.460 e. The Kier molecular flexibility index (Phi) is 5.37. The van der Waals surface area contributed by atoms with Crippen molar-refractivity contribution >= 4 is 17.5 Å². The van der Waals surface area contributed by atoms with Crippen LogP contribution in [-0.4, -0.2) is 59.2 Å². The Bertz CT molecular complexity index is 433. The predicted octanol–water partition coefficient (Wildman–Crippen LogP) is 1.84. The van der Waals surface area contributed by atoms with Gasteiger partial charge in [-0.2, -0.15) is 15.0 Å². The van der Waals surface area contributed by atoms with Gasteiger partial charge < -0.3 is 14.5 Å². The molecule has 0 saturated carbocycles. The molecule has 0 atom stereocenters. The Morgan fingerprint density at radius 2 is 1.85 bits per heavy atom. The third-order valence-corrected chi connectivity index (χ3v) is 3.73. The van der Waals surface area contributed by atoms with Crippen LogP contribution in [0.25, 0.3) is 0 Å². The van der Waals surface area contributed by atoms with E-state index < -0.39 is 0 Å². The summed E-state index contributed by atoms with van der Waals surface area (Å²) in [4.78, 5) is 16.9. The first-order valence-corrected chi connectivity index (χ1v) is 7.51. The number of aromatic nitrogens is 3. The maximum absolute atomic E-state index is 5.97. The number of likely N-dealkylation sites (tertiary alicyclic amines) is 1. The van der Waals surface area contributed by atoms with Crippen molar-refractivity contribution in [2.24, 2.45) is 0 Å². The molecule has 0 bridgehead atoms. The molecule has 1 aliphatic heterocycles. The zero-order chi connectivity index (χ0) is 14.5. The van der Waals surface area contributed by atoms with Crippen molar-refractivity contribution < 1.29 is 4.74 Å². The monoisotopic (exact) mass is 299 g/mol. The molecule has 6 nitrogen and oxygen atoms in total. The highest BCUT2D eigenvalue weighted by atomic mass is 35.5. The predicted molar refractivity (Wildman–Crippen MR) is 79.5 cm³/mol. The topological polar surface area (TPSA) is 54.4 Å². The second kappa shape index (κ2) is 7.04. The normalized spacial score (nSPS) is 17.2. The lowest BCUT2D eigenvalue weighted by molar-refractivity contribution is 0.105. The van der Waals surface area contributed by atoms with Gasteiger partial charge in [0.15, 0.2) is 0 Å². The lowest BCUT2D eigenvalue weighted by atomic mass is 10.1. The van der Waals surface area contributed by atoms with E-state index in [1.54, 1.807) is 0 Å². The average molecular weight is 300 g/mol. The van der Waals surface area contributed by atoms with Crippen molar-refractivity contribution in [3.8, 4) is 6.01 Å². The maximum Gasteiger partial charge on any atom is 0.322 e. The van der Waals surface area contributed by atoms with E-state index in [-0.39, 0.29) is 11.4 Å². The first-order valence-electron chi connectivity index (χ1n) is 7.14. The minimum atomic E-state index is 0.161. The minimum absolute atomic E-state index is 0.161. The van der Waals surface area contributed by atoms with E-state index in [4.69, 9.17) is 16.3 Å². The van der Waals surface area contributed by atoms with Crippen molar-refractivity contribution in [3.63, 3.8) is 0 Å². The molecule has 7 heteroatoms. The van der Waals surface area contributed by atoms with Crippen LogP contribution in [0.5, 0.6) is 6.01 Å². The van der Waals surface area contributed by atoms with Gasteiger partial charge in [0, 0.05) is 26.2 Å². The fraction of sp³-hybridized carbons (Fsp3) is 0.769. The summed E-state index contributed by atoms with van der Waals surface area (Å²) >= 11 is 5.97. The number of hydrogen-bond acceptors (Lipinski definition) is 6. The molecule has 0 unspecified atom stereocenters. The third kappa shape index (κ3) is 3.93. The van der Waals surface area contributed by atoms with Gasteiger partial charge in [0.25, 0.3) is 0 Å². The van der Waals surface area contributed by atoms with Gasteiger partial charge in [0.05, 0.1) is 0 Å². The molecule has 2 rings (SSSR count). The van der Waals surface area contributed by atoms with E-state index >= 15 is 0 Å². The SMILES string of the molecule is CCN(CC)c1nc(Cl)nc(OC2CCN(C)CC2)n1. The number of piperidine rings is 1. The summed E-state index contributed by atoms with van der Waals surface area (Å²) in [7, 11) is 2.12. The van der Waals surface area contributed by atoms with Crippen molar-refractivity contribution in [3.05, 3.63) is 5.28 Å². The molecule has 20 heavy (non-hydrogen) atoms. The van der Waals surface area contributed by atoms with Crippen molar-refractivity contribution in [1.29, 1.82) is 0 Å². The van der Waals surface area contributed by atoms with Gasteiger partial charge in [-0.15, -0.1) is 0 Å². The first-order chi connectivity index (χ1) is 9.62. The number of nitrogens with zero attached hydrogens (tertiary/aromatic N) is 5. The molecular formula is C13H22ClN5O. The number of rotatable bonds is 5. The van der Waals surface area contributed by atoms with Crippen LogP contribution < -0.4 is 9.64 Å². The Morgan fingerprint density at radius 3 is 2.45 bits per heavy atom. The third-order valence-electron chi connectivity index (χ3n) is 3.56. The highest BCUT2D eigenvalue weighted by Crippen LogP contribution is 2.19.